The highest BCUT2D eigenvalue weighted by Crippen LogP contribution is 2.31. The highest BCUT2D eigenvalue weighted by Gasteiger charge is 2.25. The van der Waals surface area contributed by atoms with Crippen LogP contribution in [0.2, 0.25) is 0 Å². The maximum Gasteiger partial charge on any atom is 0.270 e. The molecule has 1 heterocycles. The van der Waals surface area contributed by atoms with Crippen molar-refractivity contribution in [1.29, 1.82) is 0 Å². The van der Waals surface area contributed by atoms with Crippen LogP contribution in [0.3, 0.4) is 0 Å². The van der Waals surface area contributed by atoms with Crippen molar-refractivity contribution in [3.05, 3.63) is 23.3 Å². The predicted molar refractivity (Wildman–Crippen MR) is 63.5 cm³/mol. The average Bonchev–Trinajstić information content (AvgIpc) is 2.46. The smallest absolute Gasteiger partial charge is 0.270 e. The summed E-state index contributed by atoms with van der Waals surface area (Å²) in [4.78, 5) is 23.6. The molecule has 1 aliphatic rings. The fourth-order valence-corrected chi connectivity index (χ4v) is 1.84. The second-order valence-electron chi connectivity index (χ2n) is 3.93. The first-order valence-electron chi connectivity index (χ1n) is 5.39. The number of likely N-dealkylation sites (N-methyl/N-ethyl adjacent to an activating group) is 1. The Morgan fingerprint density at radius 3 is 2.39 bits per heavy atom. The Morgan fingerprint density at radius 1 is 1.17 bits per heavy atom. The number of carbonyl (C=O) groups excluding carboxylic acids is 2. The molecule has 0 fully saturated rings. The molecule has 1 aromatic carbocycles. The van der Waals surface area contributed by atoms with E-state index < -0.39 is 0 Å². The van der Waals surface area contributed by atoms with Crippen LogP contribution in [0.15, 0.2) is 12.1 Å². The van der Waals surface area contributed by atoms with Crippen molar-refractivity contribution in [3.8, 4) is 11.5 Å². The zero-order valence-corrected chi connectivity index (χ0v) is 10.4. The van der Waals surface area contributed by atoms with Gasteiger partial charge in [-0.05, 0) is 17.7 Å². The zero-order valence-electron chi connectivity index (χ0n) is 10.4. The highest BCUT2D eigenvalue weighted by atomic mass is 16.5. The van der Waals surface area contributed by atoms with Crippen LogP contribution in [-0.2, 0) is 11.2 Å². The summed E-state index contributed by atoms with van der Waals surface area (Å²) in [6, 6.07) is 3.24. The quantitative estimate of drug-likeness (QED) is 0.823. The molecule has 0 aliphatic carbocycles. The van der Waals surface area contributed by atoms with Crippen molar-refractivity contribution >= 4 is 11.8 Å². The number of ether oxygens (including phenoxy) is 2. The van der Waals surface area contributed by atoms with Crippen molar-refractivity contribution < 1.29 is 19.1 Å². The van der Waals surface area contributed by atoms with E-state index in [-0.39, 0.29) is 18.2 Å². The lowest BCUT2D eigenvalue weighted by molar-refractivity contribution is -0.131. The maximum atomic E-state index is 11.9. The van der Waals surface area contributed by atoms with Gasteiger partial charge in [0.1, 0.15) is 0 Å². The van der Waals surface area contributed by atoms with Crippen LogP contribution in [0.4, 0.5) is 0 Å². The van der Waals surface area contributed by atoms with Gasteiger partial charge >= 0.3 is 0 Å². The van der Waals surface area contributed by atoms with Crippen molar-refractivity contribution in [2.45, 2.75) is 6.42 Å². The Kier molecular flexibility index (Phi) is 3.10. The van der Waals surface area contributed by atoms with E-state index in [1.165, 1.54) is 26.3 Å². The molecule has 1 N–H and O–H groups in total. The van der Waals surface area contributed by atoms with E-state index in [9.17, 15) is 9.59 Å². The van der Waals surface area contributed by atoms with Gasteiger partial charge in [0.2, 0.25) is 5.91 Å². The second-order valence-corrected chi connectivity index (χ2v) is 3.93. The number of carbonyl (C=O) groups is 2. The lowest BCUT2D eigenvalue weighted by Gasteiger charge is -2.14. The normalized spacial score (nSPS) is 14.7. The second kappa shape index (κ2) is 4.56. The lowest BCUT2D eigenvalue weighted by Crippen LogP contribution is -2.41. The minimum Gasteiger partial charge on any atom is -0.493 e. The number of rotatable bonds is 2. The first-order valence-corrected chi connectivity index (χ1v) is 5.39. The van der Waals surface area contributed by atoms with Gasteiger partial charge in [-0.2, -0.15) is 0 Å². The molecule has 6 nitrogen and oxygen atoms in total. The summed E-state index contributed by atoms with van der Waals surface area (Å²) in [7, 11) is 4.52. The molecule has 2 rings (SSSR count). The molecule has 0 radical (unpaired) electrons. The molecule has 0 atom stereocenters. The van der Waals surface area contributed by atoms with Crippen LogP contribution in [0, 0.1) is 0 Å². The molecule has 0 bridgehead atoms. The van der Waals surface area contributed by atoms with Gasteiger partial charge in [0.15, 0.2) is 11.5 Å². The third-order valence-electron chi connectivity index (χ3n) is 2.84. The van der Waals surface area contributed by atoms with E-state index >= 15 is 0 Å². The molecule has 0 saturated heterocycles. The average molecular weight is 250 g/mol. The molecule has 6 heteroatoms. The standard InChI is InChI=1S/C12H14N2O4/c1-14-11(15)5-7-4-9(17-2)10(18-3)6-8(7)12(16)13-14/h4,6H,5H2,1-3H3,(H,13,16). The van der Waals surface area contributed by atoms with E-state index in [1.807, 2.05) is 0 Å². The number of benzene rings is 1. The Balaban J connectivity index is 2.55. The molecule has 1 aromatic rings. The van der Waals surface area contributed by atoms with Crippen molar-refractivity contribution in [2.24, 2.45) is 0 Å². The van der Waals surface area contributed by atoms with Crippen molar-refractivity contribution in [1.82, 2.24) is 10.4 Å². The van der Waals surface area contributed by atoms with Crippen molar-refractivity contribution in [2.75, 3.05) is 21.3 Å². The van der Waals surface area contributed by atoms with Crippen LogP contribution >= 0.6 is 0 Å². The number of hydrogen-bond donors (Lipinski definition) is 1. The SMILES string of the molecule is COc1cc2c(cc1OC)C(=O)NN(C)C(=O)C2. The van der Waals surface area contributed by atoms with E-state index in [0.717, 1.165) is 0 Å². The molecule has 0 saturated carbocycles. The number of hydrogen-bond acceptors (Lipinski definition) is 4. The number of amides is 2. The summed E-state index contributed by atoms with van der Waals surface area (Å²) in [5.74, 6) is 0.443. The molecular formula is C12H14N2O4. The first kappa shape index (κ1) is 12.2. The van der Waals surface area contributed by atoms with Gasteiger partial charge in [0.05, 0.1) is 20.6 Å². The summed E-state index contributed by atoms with van der Waals surface area (Å²) in [5.41, 5.74) is 3.53. The highest BCUT2D eigenvalue weighted by molar-refractivity contribution is 6.00. The van der Waals surface area contributed by atoms with Gasteiger partial charge in [-0.15, -0.1) is 0 Å². The fourth-order valence-electron chi connectivity index (χ4n) is 1.84. The Labute approximate surface area is 104 Å². The van der Waals surface area contributed by atoms with Gasteiger partial charge < -0.3 is 9.47 Å². The number of nitrogens with one attached hydrogen (secondary N) is 1. The number of hydrazine groups is 1. The Bertz CT molecular complexity index is 513. The van der Waals surface area contributed by atoms with Crippen LogP contribution in [0.25, 0.3) is 0 Å². The maximum absolute atomic E-state index is 11.9. The Hall–Kier alpha value is -2.24. The minimum absolute atomic E-state index is 0.144. The fraction of sp³-hybridized carbons (Fsp3) is 0.333. The van der Waals surface area contributed by atoms with Crippen LogP contribution in [0.1, 0.15) is 15.9 Å². The summed E-state index contributed by atoms with van der Waals surface area (Å²) < 4.78 is 10.3. The number of nitrogens with zero attached hydrogens (tertiary/aromatic N) is 1. The summed E-state index contributed by atoms with van der Waals surface area (Å²) in [6.45, 7) is 0. The summed E-state index contributed by atoms with van der Waals surface area (Å²) in [6.07, 6.45) is 0.144. The number of methoxy groups -OCH3 is 2. The van der Waals surface area contributed by atoms with Crippen molar-refractivity contribution in [3.63, 3.8) is 0 Å². The monoisotopic (exact) mass is 250 g/mol. The molecule has 96 valence electrons. The van der Waals surface area contributed by atoms with Gasteiger partial charge in [0, 0.05) is 12.6 Å². The third kappa shape index (κ3) is 1.97. The van der Waals surface area contributed by atoms with Crippen LogP contribution in [-0.4, -0.2) is 38.1 Å². The summed E-state index contributed by atoms with van der Waals surface area (Å²) in [5, 5.41) is 1.18. The topological polar surface area (TPSA) is 67.9 Å². The molecule has 0 spiro atoms. The van der Waals surface area contributed by atoms with Crippen LogP contribution in [0.5, 0.6) is 11.5 Å². The van der Waals surface area contributed by atoms with Gasteiger partial charge in [-0.25, -0.2) is 0 Å². The predicted octanol–water partition coefficient (Wildman–Crippen LogP) is 0.363. The Morgan fingerprint density at radius 2 is 1.78 bits per heavy atom. The third-order valence-corrected chi connectivity index (χ3v) is 2.84. The molecule has 1 aliphatic heterocycles. The molecule has 0 unspecified atom stereocenters. The number of fused-ring (bicyclic) bond motifs is 1. The molecular weight excluding hydrogens is 236 g/mol. The van der Waals surface area contributed by atoms with E-state index in [1.54, 1.807) is 12.1 Å². The minimum atomic E-state index is -0.334. The van der Waals surface area contributed by atoms with E-state index in [2.05, 4.69) is 5.43 Å². The molecule has 0 aromatic heterocycles. The van der Waals surface area contributed by atoms with E-state index in [0.29, 0.717) is 22.6 Å². The molecule has 18 heavy (non-hydrogen) atoms. The van der Waals surface area contributed by atoms with Gasteiger partial charge in [0.25, 0.3) is 5.91 Å². The van der Waals surface area contributed by atoms with Gasteiger partial charge in [-0.3, -0.25) is 20.0 Å². The van der Waals surface area contributed by atoms with Crippen LogP contribution < -0.4 is 14.9 Å². The van der Waals surface area contributed by atoms with Gasteiger partial charge in [-0.1, -0.05) is 0 Å². The molecule has 2 amide bonds. The zero-order chi connectivity index (χ0) is 13.3. The largest absolute Gasteiger partial charge is 0.493 e. The summed E-state index contributed by atoms with van der Waals surface area (Å²) >= 11 is 0. The lowest BCUT2D eigenvalue weighted by atomic mass is 10.0. The van der Waals surface area contributed by atoms with E-state index in [4.69, 9.17) is 9.47 Å². The first-order chi connectivity index (χ1) is 8.56.